The molecule has 0 saturated carbocycles. The summed E-state index contributed by atoms with van der Waals surface area (Å²) in [6.07, 6.45) is 5.25. The van der Waals surface area contributed by atoms with Gasteiger partial charge in [0.2, 0.25) is 0 Å². The molecule has 1 aromatic heterocycles. The molecule has 0 bridgehead atoms. The summed E-state index contributed by atoms with van der Waals surface area (Å²) in [5.74, 6) is 0.917. The molecule has 0 amide bonds. The zero-order valence-electron chi connectivity index (χ0n) is 11.1. The highest BCUT2D eigenvalue weighted by molar-refractivity contribution is 7.80. The Balaban J connectivity index is 2.60. The zero-order valence-corrected chi connectivity index (χ0v) is 12.0. The summed E-state index contributed by atoms with van der Waals surface area (Å²) in [5, 5.41) is 4.41. The van der Waals surface area contributed by atoms with Crippen LogP contribution >= 0.6 is 12.6 Å². The molecule has 0 unspecified atom stereocenters. The highest BCUT2D eigenvalue weighted by atomic mass is 32.1. The molecular formula is C13H24N2S. The van der Waals surface area contributed by atoms with E-state index in [-0.39, 0.29) is 10.8 Å². The van der Waals surface area contributed by atoms with Gasteiger partial charge in [0.15, 0.2) is 0 Å². The van der Waals surface area contributed by atoms with E-state index >= 15 is 0 Å². The Labute approximate surface area is 105 Å². The van der Waals surface area contributed by atoms with E-state index in [0.717, 1.165) is 18.7 Å². The number of aryl methyl sites for hydroxylation is 1. The lowest BCUT2D eigenvalue weighted by Crippen LogP contribution is -2.17. The molecule has 1 heterocycles. The fourth-order valence-corrected chi connectivity index (χ4v) is 1.53. The molecule has 0 radical (unpaired) electrons. The van der Waals surface area contributed by atoms with Crippen molar-refractivity contribution >= 4 is 12.6 Å². The Hall–Kier alpha value is -0.440. The summed E-state index contributed by atoms with van der Waals surface area (Å²) in [7, 11) is 0. The van der Waals surface area contributed by atoms with Crippen LogP contribution in [0.15, 0.2) is 12.4 Å². The van der Waals surface area contributed by atoms with Gasteiger partial charge < -0.3 is 0 Å². The van der Waals surface area contributed by atoms with E-state index in [4.69, 9.17) is 0 Å². The Bertz CT molecular complexity index is 334. The zero-order chi connectivity index (χ0) is 12.4. The van der Waals surface area contributed by atoms with Crippen molar-refractivity contribution in [1.82, 2.24) is 9.78 Å². The maximum Gasteiger partial charge on any atom is 0.0527 e. The highest BCUT2D eigenvalue weighted by Crippen LogP contribution is 2.24. The summed E-state index contributed by atoms with van der Waals surface area (Å²) in [5.41, 5.74) is 1.78. The minimum atomic E-state index is 0.192. The van der Waals surface area contributed by atoms with E-state index in [1.807, 2.05) is 10.9 Å². The van der Waals surface area contributed by atoms with Crippen molar-refractivity contribution in [3.63, 3.8) is 0 Å². The summed E-state index contributed by atoms with van der Waals surface area (Å²) in [4.78, 5) is 0. The third-order valence-corrected chi connectivity index (χ3v) is 3.80. The molecule has 0 saturated heterocycles. The standard InChI is InChI=1S/C13H24N2S/c1-12(2,3)11-8-14-15(9-11)7-6-13(4,5)10-16/h8-9,16H,6-7,10H2,1-5H3. The summed E-state index contributed by atoms with van der Waals surface area (Å²) >= 11 is 4.37. The van der Waals surface area contributed by atoms with Crippen LogP contribution in [0.3, 0.4) is 0 Å². The number of rotatable bonds is 4. The first-order valence-corrected chi connectivity index (χ1v) is 6.52. The lowest BCUT2D eigenvalue weighted by molar-refractivity contribution is 0.349. The molecule has 0 aliphatic carbocycles. The molecule has 3 heteroatoms. The minimum Gasteiger partial charge on any atom is -0.272 e. The molecule has 2 nitrogen and oxygen atoms in total. The van der Waals surface area contributed by atoms with Crippen molar-refractivity contribution in [3.8, 4) is 0 Å². The molecule has 16 heavy (non-hydrogen) atoms. The highest BCUT2D eigenvalue weighted by Gasteiger charge is 2.18. The van der Waals surface area contributed by atoms with E-state index < -0.39 is 0 Å². The quantitative estimate of drug-likeness (QED) is 0.797. The summed E-state index contributed by atoms with van der Waals surface area (Å²) in [6, 6.07) is 0. The molecule has 92 valence electrons. The van der Waals surface area contributed by atoms with Gasteiger partial charge in [-0.3, -0.25) is 4.68 Å². The first-order valence-electron chi connectivity index (χ1n) is 5.88. The smallest absolute Gasteiger partial charge is 0.0527 e. The van der Waals surface area contributed by atoms with Gasteiger partial charge in [0.1, 0.15) is 0 Å². The van der Waals surface area contributed by atoms with Gasteiger partial charge >= 0.3 is 0 Å². The molecule has 1 rings (SSSR count). The second kappa shape index (κ2) is 4.82. The number of aromatic nitrogens is 2. The van der Waals surface area contributed by atoms with Gasteiger partial charge in [-0.25, -0.2) is 0 Å². The van der Waals surface area contributed by atoms with E-state index in [1.54, 1.807) is 0 Å². The molecule has 1 aromatic rings. The lowest BCUT2D eigenvalue weighted by atomic mass is 9.90. The fraction of sp³-hybridized carbons (Fsp3) is 0.769. The molecule has 0 aliphatic heterocycles. The van der Waals surface area contributed by atoms with Crippen LogP contribution in [0.2, 0.25) is 0 Å². The monoisotopic (exact) mass is 240 g/mol. The Morgan fingerprint density at radius 3 is 2.31 bits per heavy atom. The molecule has 0 aliphatic rings. The number of thiol groups is 1. The molecular weight excluding hydrogens is 216 g/mol. The summed E-state index contributed by atoms with van der Waals surface area (Å²) < 4.78 is 2.05. The van der Waals surface area contributed by atoms with Gasteiger partial charge in [-0.2, -0.15) is 17.7 Å². The SMILES string of the molecule is CC(C)(CS)CCn1cc(C(C)(C)C)cn1. The predicted octanol–water partition coefficient (Wildman–Crippen LogP) is 3.53. The second-order valence-electron chi connectivity index (χ2n) is 6.31. The van der Waals surface area contributed by atoms with Gasteiger partial charge in [0.25, 0.3) is 0 Å². The predicted molar refractivity (Wildman–Crippen MR) is 73.2 cm³/mol. The normalized spacial score (nSPS) is 13.1. The van der Waals surface area contributed by atoms with Crippen LogP contribution in [0.4, 0.5) is 0 Å². The molecule has 0 aromatic carbocycles. The first-order chi connectivity index (χ1) is 7.24. The third-order valence-electron chi connectivity index (χ3n) is 2.94. The Morgan fingerprint density at radius 1 is 1.25 bits per heavy atom. The molecule has 0 spiro atoms. The Morgan fingerprint density at radius 2 is 1.88 bits per heavy atom. The van der Waals surface area contributed by atoms with Crippen LogP contribution in [-0.2, 0) is 12.0 Å². The van der Waals surface area contributed by atoms with Crippen molar-refractivity contribution in [1.29, 1.82) is 0 Å². The second-order valence-corrected chi connectivity index (χ2v) is 6.63. The van der Waals surface area contributed by atoms with Gasteiger partial charge in [0, 0.05) is 12.7 Å². The molecule has 0 fully saturated rings. The van der Waals surface area contributed by atoms with Gasteiger partial charge in [-0.05, 0) is 28.6 Å². The summed E-state index contributed by atoms with van der Waals surface area (Å²) in [6.45, 7) is 12.1. The van der Waals surface area contributed by atoms with Crippen molar-refractivity contribution in [2.45, 2.75) is 53.0 Å². The lowest BCUT2D eigenvalue weighted by Gasteiger charge is -2.21. The average molecular weight is 240 g/mol. The average Bonchev–Trinajstić information content (AvgIpc) is 2.63. The van der Waals surface area contributed by atoms with Crippen LogP contribution in [-0.4, -0.2) is 15.5 Å². The van der Waals surface area contributed by atoms with Crippen LogP contribution in [0.25, 0.3) is 0 Å². The van der Waals surface area contributed by atoms with Crippen molar-refractivity contribution in [2.75, 3.05) is 5.75 Å². The van der Waals surface area contributed by atoms with E-state index in [1.165, 1.54) is 5.56 Å². The number of hydrogen-bond donors (Lipinski definition) is 1. The maximum absolute atomic E-state index is 4.41. The van der Waals surface area contributed by atoms with Gasteiger partial charge in [-0.15, -0.1) is 0 Å². The third kappa shape index (κ3) is 3.85. The Kier molecular flexibility index (Phi) is 4.11. The number of nitrogens with zero attached hydrogens (tertiary/aromatic N) is 2. The van der Waals surface area contributed by atoms with Crippen LogP contribution < -0.4 is 0 Å². The molecule has 0 atom stereocenters. The first kappa shape index (κ1) is 13.6. The van der Waals surface area contributed by atoms with Crippen molar-refractivity contribution in [2.24, 2.45) is 5.41 Å². The molecule has 0 N–H and O–H groups in total. The van der Waals surface area contributed by atoms with Crippen molar-refractivity contribution in [3.05, 3.63) is 18.0 Å². The minimum absolute atomic E-state index is 0.192. The van der Waals surface area contributed by atoms with Crippen LogP contribution in [0.5, 0.6) is 0 Å². The maximum atomic E-state index is 4.41. The fourth-order valence-electron chi connectivity index (χ4n) is 1.37. The van der Waals surface area contributed by atoms with Crippen LogP contribution in [0.1, 0.15) is 46.6 Å². The largest absolute Gasteiger partial charge is 0.272 e. The van der Waals surface area contributed by atoms with Gasteiger partial charge in [-0.1, -0.05) is 34.6 Å². The van der Waals surface area contributed by atoms with Gasteiger partial charge in [0.05, 0.1) is 6.20 Å². The topological polar surface area (TPSA) is 17.8 Å². The van der Waals surface area contributed by atoms with E-state index in [2.05, 4.69) is 58.5 Å². The van der Waals surface area contributed by atoms with E-state index in [9.17, 15) is 0 Å². The number of hydrogen-bond acceptors (Lipinski definition) is 2. The van der Waals surface area contributed by atoms with Crippen molar-refractivity contribution < 1.29 is 0 Å². The van der Waals surface area contributed by atoms with E-state index in [0.29, 0.717) is 0 Å². The van der Waals surface area contributed by atoms with Crippen LogP contribution in [0, 0.1) is 5.41 Å².